The highest BCUT2D eigenvalue weighted by Gasteiger charge is 2.07. The summed E-state index contributed by atoms with van der Waals surface area (Å²) in [5, 5.41) is 9.44. The maximum Gasteiger partial charge on any atom is 0.150 e. The molecule has 0 bridgehead atoms. The van der Waals surface area contributed by atoms with Gasteiger partial charge in [0.05, 0.1) is 11.6 Å². The van der Waals surface area contributed by atoms with Crippen LogP contribution in [0.2, 0.25) is 0 Å². The molecule has 2 nitrogen and oxygen atoms in total. The summed E-state index contributed by atoms with van der Waals surface area (Å²) in [4.78, 5) is 4.13. The molecule has 0 aliphatic carbocycles. The third-order valence-corrected chi connectivity index (χ3v) is 2.33. The van der Waals surface area contributed by atoms with Crippen LogP contribution in [0, 0.1) is 31.0 Å². The van der Waals surface area contributed by atoms with E-state index in [4.69, 9.17) is 5.26 Å². The van der Waals surface area contributed by atoms with Crippen LogP contribution in [0.25, 0.3) is 10.9 Å². The van der Waals surface area contributed by atoms with Gasteiger partial charge in [0.1, 0.15) is 5.52 Å². The second-order valence-electron chi connectivity index (χ2n) is 3.55. The van der Waals surface area contributed by atoms with Crippen molar-refractivity contribution in [3.63, 3.8) is 0 Å². The molecule has 0 saturated heterocycles. The molecule has 0 spiro atoms. The van der Waals surface area contributed by atoms with Crippen molar-refractivity contribution >= 4 is 10.9 Å². The molecule has 15 heavy (non-hydrogen) atoms. The van der Waals surface area contributed by atoms with E-state index in [0.717, 1.165) is 11.3 Å². The SMILES string of the molecule is Cc1cc(C)c2cc(C#N)cc(F)c2n1. The lowest BCUT2D eigenvalue weighted by atomic mass is 10.1. The zero-order valence-electron chi connectivity index (χ0n) is 8.50. The van der Waals surface area contributed by atoms with Gasteiger partial charge in [0.15, 0.2) is 5.82 Å². The van der Waals surface area contributed by atoms with E-state index in [1.807, 2.05) is 26.0 Å². The molecule has 0 unspecified atom stereocenters. The smallest absolute Gasteiger partial charge is 0.150 e. The summed E-state index contributed by atoms with van der Waals surface area (Å²) >= 11 is 0. The number of hydrogen-bond acceptors (Lipinski definition) is 2. The minimum atomic E-state index is -0.434. The molecule has 1 heterocycles. The first-order valence-electron chi connectivity index (χ1n) is 4.59. The van der Waals surface area contributed by atoms with Crippen molar-refractivity contribution < 1.29 is 4.39 Å². The van der Waals surface area contributed by atoms with Gasteiger partial charge >= 0.3 is 0 Å². The highest BCUT2D eigenvalue weighted by atomic mass is 19.1. The van der Waals surface area contributed by atoms with Gasteiger partial charge in [-0.25, -0.2) is 4.39 Å². The summed E-state index contributed by atoms with van der Waals surface area (Å²) in [6.07, 6.45) is 0. The summed E-state index contributed by atoms with van der Waals surface area (Å²) in [7, 11) is 0. The van der Waals surface area contributed by atoms with Crippen molar-refractivity contribution in [2.24, 2.45) is 0 Å². The number of pyridine rings is 1. The normalized spacial score (nSPS) is 10.3. The molecular formula is C12H9FN2. The number of benzene rings is 1. The lowest BCUT2D eigenvalue weighted by molar-refractivity contribution is 0.636. The Morgan fingerprint density at radius 3 is 2.67 bits per heavy atom. The molecule has 0 radical (unpaired) electrons. The second-order valence-corrected chi connectivity index (χ2v) is 3.55. The van der Waals surface area contributed by atoms with E-state index < -0.39 is 5.82 Å². The van der Waals surface area contributed by atoms with Crippen molar-refractivity contribution in [1.82, 2.24) is 4.98 Å². The number of aryl methyl sites for hydroxylation is 2. The third-order valence-electron chi connectivity index (χ3n) is 2.33. The number of fused-ring (bicyclic) bond motifs is 1. The molecule has 2 rings (SSSR count). The van der Waals surface area contributed by atoms with E-state index in [1.165, 1.54) is 6.07 Å². The number of nitriles is 1. The van der Waals surface area contributed by atoms with Crippen LogP contribution in [0.15, 0.2) is 18.2 Å². The van der Waals surface area contributed by atoms with Gasteiger partial charge in [-0.15, -0.1) is 0 Å². The van der Waals surface area contributed by atoms with Crippen LogP contribution in [0.4, 0.5) is 4.39 Å². The van der Waals surface area contributed by atoms with E-state index in [2.05, 4.69) is 4.98 Å². The molecule has 0 N–H and O–H groups in total. The Balaban J connectivity index is 2.93. The van der Waals surface area contributed by atoms with Gasteiger partial charge < -0.3 is 0 Å². The van der Waals surface area contributed by atoms with E-state index in [0.29, 0.717) is 16.5 Å². The Bertz CT molecular complexity index is 582. The molecular weight excluding hydrogens is 191 g/mol. The minimum Gasteiger partial charge on any atom is -0.250 e. The fourth-order valence-corrected chi connectivity index (χ4v) is 1.68. The van der Waals surface area contributed by atoms with E-state index in [9.17, 15) is 4.39 Å². The van der Waals surface area contributed by atoms with Crippen LogP contribution < -0.4 is 0 Å². The summed E-state index contributed by atoms with van der Waals surface area (Å²) in [5.41, 5.74) is 2.39. The van der Waals surface area contributed by atoms with E-state index in [1.54, 1.807) is 6.07 Å². The largest absolute Gasteiger partial charge is 0.250 e. The van der Waals surface area contributed by atoms with Crippen LogP contribution in [0.5, 0.6) is 0 Å². The number of aromatic nitrogens is 1. The average molecular weight is 200 g/mol. The zero-order chi connectivity index (χ0) is 11.0. The first kappa shape index (κ1) is 9.60. The Hall–Kier alpha value is -1.95. The van der Waals surface area contributed by atoms with Crippen LogP contribution >= 0.6 is 0 Å². The summed E-state index contributed by atoms with van der Waals surface area (Å²) in [6.45, 7) is 3.71. The molecule has 1 aromatic heterocycles. The van der Waals surface area contributed by atoms with Gasteiger partial charge in [-0.3, -0.25) is 4.98 Å². The highest BCUT2D eigenvalue weighted by Crippen LogP contribution is 2.22. The minimum absolute atomic E-state index is 0.328. The topological polar surface area (TPSA) is 36.7 Å². The number of rotatable bonds is 0. The Morgan fingerprint density at radius 2 is 2.00 bits per heavy atom. The van der Waals surface area contributed by atoms with Crippen molar-refractivity contribution in [2.75, 3.05) is 0 Å². The van der Waals surface area contributed by atoms with Crippen LogP contribution in [0.3, 0.4) is 0 Å². The Labute approximate surface area is 87.0 Å². The summed E-state index contributed by atoms with van der Waals surface area (Å²) in [6, 6.07) is 6.70. The summed E-state index contributed by atoms with van der Waals surface area (Å²) in [5.74, 6) is -0.434. The lowest BCUT2D eigenvalue weighted by Gasteiger charge is -2.04. The third kappa shape index (κ3) is 1.55. The predicted octanol–water partition coefficient (Wildman–Crippen LogP) is 2.86. The molecule has 74 valence electrons. The van der Waals surface area contributed by atoms with Crippen molar-refractivity contribution in [1.29, 1.82) is 5.26 Å². The molecule has 0 aliphatic heterocycles. The number of hydrogen-bond donors (Lipinski definition) is 0. The van der Waals surface area contributed by atoms with Crippen molar-refractivity contribution in [2.45, 2.75) is 13.8 Å². The molecule has 1 aromatic carbocycles. The van der Waals surface area contributed by atoms with Crippen LogP contribution in [-0.4, -0.2) is 4.98 Å². The Kier molecular flexibility index (Phi) is 2.12. The second kappa shape index (κ2) is 3.32. The molecule has 0 fully saturated rings. The number of halogens is 1. The first-order chi connectivity index (χ1) is 7.11. The van der Waals surface area contributed by atoms with Crippen LogP contribution in [-0.2, 0) is 0 Å². The molecule has 0 atom stereocenters. The molecule has 3 heteroatoms. The zero-order valence-corrected chi connectivity index (χ0v) is 8.50. The van der Waals surface area contributed by atoms with Gasteiger partial charge in [-0.1, -0.05) is 0 Å². The molecule has 0 amide bonds. The van der Waals surface area contributed by atoms with Gasteiger partial charge in [0.25, 0.3) is 0 Å². The van der Waals surface area contributed by atoms with E-state index >= 15 is 0 Å². The maximum atomic E-state index is 13.6. The average Bonchev–Trinajstić information content (AvgIpc) is 2.19. The van der Waals surface area contributed by atoms with Crippen molar-refractivity contribution in [3.8, 4) is 6.07 Å². The Morgan fingerprint density at radius 1 is 1.27 bits per heavy atom. The fourth-order valence-electron chi connectivity index (χ4n) is 1.68. The predicted molar refractivity (Wildman–Crippen MR) is 55.9 cm³/mol. The van der Waals surface area contributed by atoms with Crippen LogP contribution in [0.1, 0.15) is 16.8 Å². The molecule has 0 saturated carbocycles. The van der Waals surface area contributed by atoms with Crippen molar-refractivity contribution in [3.05, 3.63) is 40.8 Å². The van der Waals surface area contributed by atoms with E-state index in [-0.39, 0.29) is 0 Å². The van der Waals surface area contributed by atoms with Gasteiger partial charge in [-0.05, 0) is 37.6 Å². The first-order valence-corrected chi connectivity index (χ1v) is 4.59. The van der Waals surface area contributed by atoms with Gasteiger partial charge in [-0.2, -0.15) is 5.26 Å². The number of nitrogens with zero attached hydrogens (tertiary/aromatic N) is 2. The monoisotopic (exact) mass is 200 g/mol. The maximum absolute atomic E-state index is 13.6. The quantitative estimate of drug-likeness (QED) is 0.655. The van der Waals surface area contributed by atoms with Gasteiger partial charge in [0, 0.05) is 11.1 Å². The molecule has 0 aliphatic rings. The molecule has 2 aromatic rings. The fraction of sp³-hybridized carbons (Fsp3) is 0.167. The summed E-state index contributed by atoms with van der Waals surface area (Å²) < 4.78 is 13.6. The van der Waals surface area contributed by atoms with Gasteiger partial charge in [0.2, 0.25) is 0 Å². The highest BCUT2D eigenvalue weighted by molar-refractivity contribution is 5.84. The lowest BCUT2D eigenvalue weighted by Crippen LogP contribution is -1.92. The standard InChI is InChI=1S/C12H9FN2/c1-7-3-8(2)15-12-10(7)4-9(6-14)5-11(12)13/h3-5H,1-2H3.